The summed E-state index contributed by atoms with van der Waals surface area (Å²) in [5, 5.41) is 0. The van der Waals surface area contributed by atoms with Gasteiger partial charge in [0.25, 0.3) is 0 Å². The van der Waals surface area contributed by atoms with Crippen LogP contribution in [0.25, 0.3) is 0 Å². The molecule has 4 bridgehead atoms. The van der Waals surface area contributed by atoms with E-state index in [-0.39, 0.29) is 11.7 Å². The third-order valence-corrected chi connectivity index (χ3v) is 7.28. The van der Waals surface area contributed by atoms with E-state index in [9.17, 15) is 9.18 Å². The molecule has 1 atom stereocenters. The molecule has 0 N–H and O–H groups in total. The molecule has 1 unspecified atom stereocenters. The summed E-state index contributed by atoms with van der Waals surface area (Å²) in [6.07, 6.45) is 8.66. The van der Waals surface area contributed by atoms with Gasteiger partial charge in [-0.1, -0.05) is 12.1 Å². The number of rotatable bonds is 3. The maximum atomic E-state index is 13.1. The molecule has 128 valence electrons. The van der Waals surface area contributed by atoms with Crippen LogP contribution in [0.15, 0.2) is 24.3 Å². The molecule has 3 heteroatoms. The molecule has 2 nitrogen and oxygen atoms in total. The second-order valence-electron chi connectivity index (χ2n) is 8.77. The van der Waals surface area contributed by atoms with Crippen LogP contribution in [0.5, 0.6) is 0 Å². The van der Waals surface area contributed by atoms with Gasteiger partial charge in [-0.25, -0.2) is 4.39 Å². The number of nitrogens with zero attached hydrogens (tertiary/aromatic N) is 1. The summed E-state index contributed by atoms with van der Waals surface area (Å²) >= 11 is 0. The van der Waals surface area contributed by atoms with Gasteiger partial charge in [0.1, 0.15) is 5.82 Å². The van der Waals surface area contributed by atoms with Gasteiger partial charge in [0.05, 0.1) is 0 Å². The number of amides is 1. The zero-order chi connectivity index (χ0) is 16.3. The smallest absolute Gasteiger partial charge is 0.226 e. The van der Waals surface area contributed by atoms with Gasteiger partial charge in [-0.05, 0) is 86.3 Å². The van der Waals surface area contributed by atoms with Crippen LogP contribution in [0.4, 0.5) is 4.39 Å². The lowest BCUT2D eigenvalue weighted by Crippen LogP contribution is -2.56. The molecule has 0 aromatic heterocycles. The van der Waals surface area contributed by atoms with E-state index in [2.05, 4.69) is 4.90 Å². The summed E-state index contributed by atoms with van der Waals surface area (Å²) in [7, 11) is 0. The van der Waals surface area contributed by atoms with Crippen molar-refractivity contribution in [3.05, 3.63) is 35.6 Å². The van der Waals surface area contributed by atoms with Crippen molar-refractivity contribution in [2.45, 2.75) is 51.0 Å². The molecular weight excluding hydrogens is 301 g/mol. The lowest BCUT2D eigenvalue weighted by molar-refractivity contribution is -0.141. The van der Waals surface area contributed by atoms with E-state index in [0.29, 0.717) is 11.9 Å². The maximum absolute atomic E-state index is 13.1. The SMILES string of the molecule is O=C1C(Cc2ccc(F)cc2)CCN1C1C2CC3CC(C2)CC1C3. The van der Waals surface area contributed by atoms with Gasteiger partial charge in [0, 0.05) is 18.5 Å². The van der Waals surface area contributed by atoms with Gasteiger partial charge in [-0.15, -0.1) is 0 Å². The van der Waals surface area contributed by atoms with Crippen molar-refractivity contribution in [1.82, 2.24) is 4.90 Å². The van der Waals surface area contributed by atoms with Gasteiger partial charge >= 0.3 is 0 Å². The summed E-state index contributed by atoms with van der Waals surface area (Å²) in [6, 6.07) is 7.19. The minimum atomic E-state index is -0.202. The Balaban J connectivity index is 1.30. The van der Waals surface area contributed by atoms with Crippen LogP contribution in [0, 0.1) is 35.4 Å². The van der Waals surface area contributed by atoms with Crippen molar-refractivity contribution in [1.29, 1.82) is 0 Å². The number of carbonyl (C=O) groups is 1. The van der Waals surface area contributed by atoms with Gasteiger partial charge in [0.15, 0.2) is 0 Å². The summed E-state index contributed by atoms with van der Waals surface area (Å²) in [5.74, 6) is 3.73. The van der Waals surface area contributed by atoms with Crippen LogP contribution in [0.3, 0.4) is 0 Å². The van der Waals surface area contributed by atoms with Crippen molar-refractivity contribution in [3.8, 4) is 0 Å². The van der Waals surface area contributed by atoms with E-state index in [4.69, 9.17) is 0 Å². The largest absolute Gasteiger partial charge is 0.339 e. The van der Waals surface area contributed by atoms with E-state index < -0.39 is 0 Å². The van der Waals surface area contributed by atoms with Crippen LogP contribution in [0.2, 0.25) is 0 Å². The highest BCUT2D eigenvalue weighted by Crippen LogP contribution is 2.55. The fraction of sp³-hybridized carbons (Fsp3) is 0.667. The first-order chi connectivity index (χ1) is 11.7. The zero-order valence-corrected chi connectivity index (χ0v) is 14.2. The molecule has 0 spiro atoms. The minimum Gasteiger partial charge on any atom is -0.339 e. The fourth-order valence-electron chi connectivity index (χ4n) is 6.56. The number of hydrogen-bond donors (Lipinski definition) is 0. The Morgan fingerprint density at radius 1 is 0.958 bits per heavy atom. The Bertz CT molecular complexity index is 612. The third-order valence-electron chi connectivity index (χ3n) is 7.28. The quantitative estimate of drug-likeness (QED) is 0.820. The number of benzene rings is 1. The highest BCUT2D eigenvalue weighted by molar-refractivity contribution is 5.81. The van der Waals surface area contributed by atoms with E-state index >= 15 is 0 Å². The summed E-state index contributed by atoms with van der Waals surface area (Å²) in [6.45, 7) is 0.942. The molecule has 4 aliphatic carbocycles. The summed E-state index contributed by atoms with van der Waals surface area (Å²) in [5.41, 5.74) is 1.08. The van der Waals surface area contributed by atoms with E-state index in [1.807, 2.05) is 12.1 Å². The van der Waals surface area contributed by atoms with E-state index in [1.165, 1.54) is 44.2 Å². The van der Waals surface area contributed by atoms with Crippen molar-refractivity contribution < 1.29 is 9.18 Å². The molecule has 6 rings (SSSR count). The second-order valence-corrected chi connectivity index (χ2v) is 8.77. The van der Waals surface area contributed by atoms with Crippen LogP contribution in [-0.2, 0) is 11.2 Å². The van der Waals surface area contributed by atoms with Crippen LogP contribution >= 0.6 is 0 Å². The molecule has 1 heterocycles. The van der Waals surface area contributed by atoms with Crippen molar-refractivity contribution >= 4 is 5.91 Å². The van der Waals surface area contributed by atoms with Crippen molar-refractivity contribution in [2.24, 2.45) is 29.6 Å². The predicted octanol–water partition coefficient (Wildman–Crippen LogP) is 4.04. The molecule has 4 saturated carbocycles. The monoisotopic (exact) mass is 327 g/mol. The minimum absolute atomic E-state index is 0.104. The predicted molar refractivity (Wildman–Crippen MR) is 90.8 cm³/mol. The van der Waals surface area contributed by atoms with E-state index in [1.54, 1.807) is 0 Å². The molecule has 5 fully saturated rings. The Kier molecular flexibility index (Phi) is 3.46. The summed E-state index contributed by atoms with van der Waals surface area (Å²) in [4.78, 5) is 15.3. The second kappa shape index (κ2) is 5.57. The molecule has 1 aromatic rings. The Hall–Kier alpha value is -1.38. The Labute approximate surface area is 143 Å². The number of hydrogen-bond acceptors (Lipinski definition) is 1. The average Bonchev–Trinajstić information content (AvgIpc) is 2.90. The first kappa shape index (κ1) is 14.9. The lowest BCUT2D eigenvalue weighted by Gasteiger charge is -2.56. The highest BCUT2D eigenvalue weighted by Gasteiger charge is 2.52. The van der Waals surface area contributed by atoms with Crippen molar-refractivity contribution in [2.75, 3.05) is 6.54 Å². The van der Waals surface area contributed by atoms with E-state index in [0.717, 1.165) is 48.6 Å². The molecule has 0 radical (unpaired) electrons. The summed E-state index contributed by atoms with van der Waals surface area (Å²) < 4.78 is 13.1. The van der Waals surface area contributed by atoms with Gasteiger partial charge < -0.3 is 4.90 Å². The highest BCUT2D eigenvalue weighted by atomic mass is 19.1. The Morgan fingerprint density at radius 2 is 1.58 bits per heavy atom. The molecule has 1 amide bonds. The van der Waals surface area contributed by atoms with Gasteiger partial charge in [0.2, 0.25) is 5.91 Å². The maximum Gasteiger partial charge on any atom is 0.226 e. The zero-order valence-electron chi connectivity index (χ0n) is 14.2. The molecule has 24 heavy (non-hydrogen) atoms. The van der Waals surface area contributed by atoms with Crippen molar-refractivity contribution in [3.63, 3.8) is 0 Å². The first-order valence-corrected chi connectivity index (χ1v) is 9.72. The normalized spacial score (nSPS) is 40.5. The van der Waals surface area contributed by atoms with Crippen LogP contribution in [0.1, 0.15) is 44.1 Å². The number of halogens is 1. The van der Waals surface area contributed by atoms with Crippen LogP contribution in [-0.4, -0.2) is 23.4 Å². The lowest BCUT2D eigenvalue weighted by atomic mass is 9.54. The molecule has 1 aliphatic heterocycles. The first-order valence-electron chi connectivity index (χ1n) is 9.72. The number of carbonyl (C=O) groups excluding carboxylic acids is 1. The molecule has 5 aliphatic rings. The van der Waals surface area contributed by atoms with Crippen LogP contribution < -0.4 is 0 Å². The fourth-order valence-corrected chi connectivity index (χ4v) is 6.56. The number of likely N-dealkylation sites (tertiary alicyclic amines) is 1. The Morgan fingerprint density at radius 3 is 2.21 bits per heavy atom. The third kappa shape index (κ3) is 2.39. The standard InChI is InChI=1S/C21H26FNO/c22-19-3-1-13(2-4-19)8-16-5-6-23(21(16)24)20-17-9-14-7-15(11-17)12-18(20)10-14/h1-4,14-18,20H,5-12H2. The molecule has 1 aromatic carbocycles. The molecule has 1 saturated heterocycles. The molecular formula is C21H26FNO. The average molecular weight is 327 g/mol. The topological polar surface area (TPSA) is 20.3 Å². The van der Waals surface area contributed by atoms with Gasteiger partial charge in [-0.3, -0.25) is 4.79 Å². The van der Waals surface area contributed by atoms with Gasteiger partial charge in [-0.2, -0.15) is 0 Å².